The molecule has 94 valence electrons. The Labute approximate surface area is 117 Å². The fourth-order valence-electron chi connectivity index (χ4n) is 1.92. The van der Waals surface area contributed by atoms with Crippen molar-refractivity contribution >= 4 is 27.3 Å². The van der Waals surface area contributed by atoms with Crippen molar-refractivity contribution < 1.29 is 4.39 Å². The van der Waals surface area contributed by atoms with E-state index in [1.165, 1.54) is 25.0 Å². The predicted molar refractivity (Wildman–Crippen MR) is 74.9 cm³/mol. The van der Waals surface area contributed by atoms with E-state index in [0.717, 1.165) is 20.7 Å². The zero-order valence-electron chi connectivity index (χ0n) is 9.57. The molecule has 1 unspecified atom stereocenters. The lowest BCUT2D eigenvalue weighted by Crippen LogP contribution is -2.11. The molecule has 0 radical (unpaired) electrons. The first kappa shape index (κ1) is 12.3. The lowest BCUT2D eigenvalue weighted by molar-refractivity contribution is 0.626. The van der Waals surface area contributed by atoms with Gasteiger partial charge in [-0.25, -0.2) is 9.37 Å². The molecule has 1 aromatic carbocycles. The lowest BCUT2D eigenvalue weighted by Gasteiger charge is -2.05. The number of halogens is 2. The summed E-state index contributed by atoms with van der Waals surface area (Å²) in [5.41, 5.74) is 7.89. The largest absolute Gasteiger partial charge is 0.322 e. The van der Waals surface area contributed by atoms with Gasteiger partial charge in [-0.3, -0.25) is 0 Å². The fourth-order valence-corrected chi connectivity index (χ4v) is 3.39. The van der Waals surface area contributed by atoms with Crippen LogP contribution in [0.1, 0.15) is 23.9 Å². The summed E-state index contributed by atoms with van der Waals surface area (Å²) in [5, 5.41) is 2.96. The van der Waals surface area contributed by atoms with Crippen LogP contribution >= 0.6 is 27.3 Å². The van der Waals surface area contributed by atoms with Crippen LogP contribution < -0.4 is 5.73 Å². The van der Waals surface area contributed by atoms with Crippen LogP contribution in [0.25, 0.3) is 11.3 Å². The van der Waals surface area contributed by atoms with Gasteiger partial charge in [0.05, 0.1) is 11.7 Å². The first-order valence-electron chi connectivity index (χ1n) is 5.81. The summed E-state index contributed by atoms with van der Waals surface area (Å²) in [6, 6.07) is 4.69. The zero-order valence-corrected chi connectivity index (χ0v) is 12.0. The summed E-state index contributed by atoms with van der Waals surface area (Å²) in [4.78, 5) is 4.57. The van der Waals surface area contributed by atoms with Crippen molar-refractivity contribution in [2.45, 2.75) is 18.9 Å². The van der Waals surface area contributed by atoms with Gasteiger partial charge in [0.1, 0.15) is 10.8 Å². The van der Waals surface area contributed by atoms with E-state index in [2.05, 4.69) is 20.9 Å². The molecule has 3 rings (SSSR count). The molecule has 18 heavy (non-hydrogen) atoms. The minimum absolute atomic E-state index is 0.0583. The van der Waals surface area contributed by atoms with Crippen molar-refractivity contribution in [2.24, 2.45) is 11.7 Å². The average Bonchev–Trinajstić information content (AvgIpc) is 3.07. The van der Waals surface area contributed by atoms with Gasteiger partial charge in [0.2, 0.25) is 0 Å². The first-order valence-corrected chi connectivity index (χ1v) is 7.49. The SMILES string of the molecule is NC(c1nc(-c2ccc(F)cc2Br)cs1)C1CC1. The van der Waals surface area contributed by atoms with E-state index in [1.54, 1.807) is 17.4 Å². The van der Waals surface area contributed by atoms with Crippen molar-refractivity contribution in [3.63, 3.8) is 0 Å². The molecular formula is C13H12BrFN2S. The molecule has 0 saturated heterocycles. The van der Waals surface area contributed by atoms with Crippen LogP contribution in [0.5, 0.6) is 0 Å². The van der Waals surface area contributed by atoms with E-state index < -0.39 is 0 Å². The van der Waals surface area contributed by atoms with Gasteiger partial charge in [0.25, 0.3) is 0 Å². The molecule has 0 aliphatic heterocycles. The van der Waals surface area contributed by atoms with Gasteiger partial charge in [-0.15, -0.1) is 11.3 Å². The van der Waals surface area contributed by atoms with E-state index >= 15 is 0 Å². The summed E-state index contributed by atoms with van der Waals surface area (Å²) in [6.45, 7) is 0. The molecule has 2 nitrogen and oxygen atoms in total. The molecule has 1 saturated carbocycles. The molecule has 1 aliphatic rings. The normalized spacial score (nSPS) is 16.8. The van der Waals surface area contributed by atoms with Gasteiger partial charge in [-0.2, -0.15) is 0 Å². The lowest BCUT2D eigenvalue weighted by atomic mass is 10.1. The van der Waals surface area contributed by atoms with Crippen molar-refractivity contribution in [1.29, 1.82) is 0 Å². The molecule has 1 aromatic heterocycles. The van der Waals surface area contributed by atoms with Gasteiger partial charge in [0, 0.05) is 15.4 Å². The molecule has 1 atom stereocenters. The fraction of sp³-hybridized carbons (Fsp3) is 0.308. The highest BCUT2D eigenvalue weighted by Gasteiger charge is 2.31. The molecule has 1 fully saturated rings. The standard InChI is InChI=1S/C13H12BrFN2S/c14-10-5-8(15)3-4-9(10)11-6-18-13(17-11)12(16)7-1-2-7/h3-7,12H,1-2,16H2. The van der Waals surface area contributed by atoms with Crippen LogP contribution in [0.4, 0.5) is 4.39 Å². The average molecular weight is 327 g/mol. The summed E-state index contributed by atoms with van der Waals surface area (Å²) in [5.74, 6) is 0.344. The minimum atomic E-state index is -0.254. The second-order valence-corrected chi connectivity index (χ2v) is 6.30. The zero-order chi connectivity index (χ0) is 12.7. The first-order chi connectivity index (χ1) is 8.65. The maximum Gasteiger partial charge on any atom is 0.124 e. The highest BCUT2D eigenvalue weighted by atomic mass is 79.9. The van der Waals surface area contributed by atoms with E-state index in [1.807, 2.05) is 5.38 Å². The van der Waals surface area contributed by atoms with Gasteiger partial charge < -0.3 is 5.73 Å². The highest BCUT2D eigenvalue weighted by molar-refractivity contribution is 9.10. The quantitative estimate of drug-likeness (QED) is 0.921. The monoisotopic (exact) mass is 326 g/mol. The number of aromatic nitrogens is 1. The van der Waals surface area contributed by atoms with E-state index in [9.17, 15) is 4.39 Å². The third-order valence-corrected chi connectivity index (χ3v) is 4.75. The Morgan fingerprint density at radius 2 is 2.22 bits per heavy atom. The Hall–Kier alpha value is -0.780. The number of hydrogen-bond acceptors (Lipinski definition) is 3. The molecule has 0 bridgehead atoms. The van der Waals surface area contributed by atoms with Crippen LogP contribution in [0.2, 0.25) is 0 Å². The molecule has 1 aliphatic carbocycles. The summed E-state index contributed by atoms with van der Waals surface area (Å²) in [7, 11) is 0. The van der Waals surface area contributed by atoms with Crippen molar-refractivity contribution in [1.82, 2.24) is 4.98 Å². The maximum absolute atomic E-state index is 13.0. The number of nitrogens with two attached hydrogens (primary N) is 1. The smallest absolute Gasteiger partial charge is 0.124 e. The Balaban J connectivity index is 1.92. The van der Waals surface area contributed by atoms with E-state index in [-0.39, 0.29) is 11.9 Å². The van der Waals surface area contributed by atoms with E-state index in [0.29, 0.717) is 5.92 Å². The molecule has 1 heterocycles. The number of thiazole rings is 1. The van der Waals surface area contributed by atoms with Crippen LogP contribution in [0.15, 0.2) is 28.1 Å². The number of rotatable bonds is 3. The second kappa shape index (κ2) is 4.72. The Bertz CT molecular complexity index is 580. The number of benzene rings is 1. The van der Waals surface area contributed by atoms with Crippen molar-refractivity contribution in [3.05, 3.63) is 38.9 Å². The highest BCUT2D eigenvalue weighted by Crippen LogP contribution is 2.41. The maximum atomic E-state index is 13.0. The molecular weight excluding hydrogens is 315 g/mol. The number of hydrogen-bond donors (Lipinski definition) is 1. The Morgan fingerprint density at radius 1 is 1.44 bits per heavy atom. The molecule has 0 amide bonds. The van der Waals surface area contributed by atoms with Gasteiger partial charge >= 0.3 is 0 Å². The van der Waals surface area contributed by atoms with E-state index in [4.69, 9.17) is 5.73 Å². The molecule has 5 heteroatoms. The van der Waals surface area contributed by atoms with Crippen LogP contribution in [0.3, 0.4) is 0 Å². The van der Waals surface area contributed by atoms with Crippen molar-refractivity contribution in [2.75, 3.05) is 0 Å². The Morgan fingerprint density at radius 3 is 2.89 bits per heavy atom. The third-order valence-electron chi connectivity index (χ3n) is 3.14. The topological polar surface area (TPSA) is 38.9 Å². The molecule has 2 aromatic rings. The van der Waals surface area contributed by atoms with Gasteiger partial charge in [-0.05, 0) is 52.9 Å². The summed E-state index contributed by atoms with van der Waals surface area (Å²) < 4.78 is 13.8. The second-order valence-electron chi connectivity index (χ2n) is 4.56. The predicted octanol–water partition coefficient (Wildman–Crippen LogP) is 4.12. The van der Waals surface area contributed by atoms with Crippen LogP contribution in [-0.4, -0.2) is 4.98 Å². The Kier molecular flexibility index (Phi) is 3.21. The van der Waals surface area contributed by atoms with Crippen molar-refractivity contribution in [3.8, 4) is 11.3 Å². The van der Waals surface area contributed by atoms with Crippen LogP contribution in [-0.2, 0) is 0 Å². The van der Waals surface area contributed by atoms with Gasteiger partial charge in [0.15, 0.2) is 0 Å². The third kappa shape index (κ3) is 2.35. The minimum Gasteiger partial charge on any atom is -0.322 e. The summed E-state index contributed by atoms with van der Waals surface area (Å²) >= 11 is 4.95. The summed E-state index contributed by atoms with van der Waals surface area (Å²) in [6.07, 6.45) is 2.41. The van der Waals surface area contributed by atoms with Gasteiger partial charge in [-0.1, -0.05) is 0 Å². The number of nitrogens with zero attached hydrogens (tertiary/aromatic N) is 1. The van der Waals surface area contributed by atoms with Crippen LogP contribution in [0, 0.1) is 11.7 Å². The molecule has 2 N–H and O–H groups in total. The molecule has 0 spiro atoms.